The molecule has 1 fully saturated rings. The van der Waals surface area contributed by atoms with E-state index in [9.17, 15) is 0 Å². The summed E-state index contributed by atoms with van der Waals surface area (Å²) >= 11 is 0. The van der Waals surface area contributed by atoms with Gasteiger partial charge in [0.2, 0.25) is 0 Å². The lowest BCUT2D eigenvalue weighted by Crippen LogP contribution is -1.88. The predicted molar refractivity (Wildman–Crippen MR) is 66.1 cm³/mol. The molecule has 90 valence electrons. The normalized spacial score (nSPS) is 19.8. The first kappa shape index (κ1) is 13.0. The standard InChI is InChI=1S/C14H28O/c1-13(2)10-8-6-4-3-5-7-9-11-14-12-15-14/h13-14H,3-12H2,1-2H3. The zero-order valence-electron chi connectivity index (χ0n) is 10.6. The van der Waals surface area contributed by atoms with Gasteiger partial charge in [0.15, 0.2) is 0 Å². The van der Waals surface area contributed by atoms with Crippen molar-refractivity contribution in [1.82, 2.24) is 0 Å². The van der Waals surface area contributed by atoms with Crippen molar-refractivity contribution in [2.75, 3.05) is 6.61 Å². The molecule has 0 aromatic carbocycles. The zero-order valence-corrected chi connectivity index (χ0v) is 10.6. The van der Waals surface area contributed by atoms with E-state index in [0.717, 1.165) is 12.5 Å². The fourth-order valence-corrected chi connectivity index (χ4v) is 2.04. The Bertz CT molecular complexity index is 130. The summed E-state index contributed by atoms with van der Waals surface area (Å²) in [6.45, 7) is 5.68. The lowest BCUT2D eigenvalue weighted by atomic mass is 10.0. The Hall–Kier alpha value is -0.0400. The van der Waals surface area contributed by atoms with E-state index in [1.807, 2.05) is 0 Å². The highest BCUT2D eigenvalue weighted by molar-refractivity contribution is 4.68. The Morgan fingerprint density at radius 1 is 0.933 bits per heavy atom. The summed E-state index contributed by atoms with van der Waals surface area (Å²) in [6.07, 6.45) is 13.4. The predicted octanol–water partition coefficient (Wildman–Crippen LogP) is 4.55. The molecule has 15 heavy (non-hydrogen) atoms. The van der Waals surface area contributed by atoms with Gasteiger partial charge in [-0.2, -0.15) is 0 Å². The van der Waals surface area contributed by atoms with Gasteiger partial charge in [0.1, 0.15) is 0 Å². The molecule has 1 nitrogen and oxygen atoms in total. The maximum Gasteiger partial charge on any atom is 0.0810 e. The lowest BCUT2D eigenvalue weighted by molar-refractivity contribution is 0.387. The van der Waals surface area contributed by atoms with Crippen LogP contribution in [0.1, 0.15) is 71.6 Å². The molecule has 1 saturated heterocycles. The third-order valence-corrected chi connectivity index (χ3v) is 3.21. The summed E-state index contributed by atoms with van der Waals surface area (Å²) in [7, 11) is 0. The van der Waals surface area contributed by atoms with Crippen molar-refractivity contribution in [3.05, 3.63) is 0 Å². The van der Waals surface area contributed by atoms with Gasteiger partial charge in [-0.05, 0) is 12.3 Å². The van der Waals surface area contributed by atoms with E-state index >= 15 is 0 Å². The molecule has 1 aliphatic rings. The smallest absolute Gasteiger partial charge is 0.0810 e. The minimum Gasteiger partial charge on any atom is -0.373 e. The van der Waals surface area contributed by atoms with Gasteiger partial charge >= 0.3 is 0 Å². The van der Waals surface area contributed by atoms with Gasteiger partial charge in [-0.25, -0.2) is 0 Å². The molecule has 0 aromatic rings. The van der Waals surface area contributed by atoms with Gasteiger partial charge in [-0.3, -0.25) is 0 Å². The van der Waals surface area contributed by atoms with Crippen molar-refractivity contribution in [2.45, 2.75) is 77.7 Å². The molecule has 0 saturated carbocycles. The summed E-state index contributed by atoms with van der Waals surface area (Å²) in [5.41, 5.74) is 0. The number of hydrogen-bond donors (Lipinski definition) is 0. The van der Waals surface area contributed by atoms with E-state index in [1.54, 1.807) is 0 Å². The van der Waals surface area contributed by atoms with Crippen molar-refractivity contribution >= 4 is 0 Å². The molecule has 1 aliphatic heterocycles. The highest BCUT2D eigenvalue weighted by atomic mass is 16.6. The second kappa shape index (κ2) is 8.15. The minimum absolute atomic E-state index is 0.649. The molecule has 0 radical (unpaired) electrons. The van der Waals surface area contributed by atoms with Gasteiger partial charge in [-0.1, -0.05) is 65.2 Å². The average molecular weight is 212 g/mol. The van der Waals surface area contributed by atoms with Crippen molar-refractivity contribution in [3.8, 4) is 0 Å². The van der Waals surface area contributed by atoms with Crippen molar-refractivity contribution < 1.29 is 4.74 Å². The number of epoxide rings is 1. The lowest BCUT2D eigenvalue weighted by Gasteiger charge is -2.04. The van der Waals surface area contributed by atoms with Gasteiger partial charge in [0, 0.05) is 0 Å². The Labute approximate surface area is 95.6 Å². The Morgan fingerprint density at radius 3 is 2.00 bits per heavy atom. The van der Waals surface area contributed by atoms with E-state index in [1.165, 1.54) is 57.8 Å². The third kappa shape index (κ3) is 8.92. The van der Waals surface area contributed by atoms with Crippen LogP contribution in [-0.4, -0.2) is 12.7 Å². The first-order valence-electron chi connectivity index (χ1n) is 6.90. The molecule has 0 N–H and O–H groups in total. The van der Waals surface area contributed by atoms with E-state index in [0.29, 0.717) is 6.10 Å². The SMILES string of the molecule is CC(C)CCCCCCCCCC1CO1. The second-order valence-electron chi connectivity index (χ2n) is 5.40. The topological polar surface area (TPSA) is 12.5 Å². The maximum absolute atomic E-state index is 5.19. The summed E-state index contributed by atoms with van der Waals surface area (Å²) in [4.78, 5) is 0. The molecule has 1 rings (SSSR count). The van der Waals surface area contributed by atoms with Crippen molar-refractivity contribution in [1.29, 1.82) is 0 Å². The molecular weight excluding hydrogens is 184 g/mol. The van der Waals surface area contributed by atoms with Crippen molar-refractivity contribution in [2.24, 2.45) is 5.92 Å². The maximum atomic E-state index is 5.19. The number of rotatable bonds is 10. The molecule has 0 aromatic heterocycles. The first-order valence-corrected chi connectivity index (χ1v) is 6.90. The Morgan fingerprint density at radius 2 is 1.47 bits per heavy atom. The number of ether oxygens (including phenoxy) is 1. The van der Waals surface area contributed by atoms with Crippen LogP contribution >= 0.6 is 0 Å². The molecule has 0 aliphatic carbocycles. The third-order valence-electron chi connectivity index (χ3n) is 3.21. The second-order valence-corrected chi connectivity index (χ2v) is 5.40. The summed E-state index contributed by atoms with van der Waals surface area (Å²) in [5, 5.41) is 0. The van der Waals surface area contributed by atoms with Crippen LogP contribution in [0.4, 0.5) is 0 Å². The van der Waals surface area contributed by atoms with E-state index in [4.69, 9.17) is 4.74 Å². The van der Waals surface area contributed by atoms with Crippen LogP contribution in [0, 0.1) is 5.92 Å². The monoisotopic (exact) mass is 212 g/mol. The highest BCUT2D eigenvalue weighted by Crippen LogP contribution is 2.18. The fourth-order valence-electron chi connectivity index (χ4n) is 2.04. The van der Waals surface area contributed by atoms with Gasteiger partial charge in [0.25, 0.3) is 0 Å². The summed E-state index contributed by atoms with van der Waals surface area (Å²) in [5.74, 6) is 0.892. The molecule has 0 bridgehead atoms. The molecule has 1 atom stereocenters. The first-order chi connectivity index (χ1) is 7.29. The largest absolute Gasteiger partial charge is 0.373 e. The zero-order chi connectivity index (χ0) is 10.9. The molecule has 1 heteroatoms. The van der Waals surface area contributed by atoms with Crippen LogP contribution < -0.4 is 0 Å². The molecule has 0 spiro atoms. The minimum atomic E-state index is 0.649. The molecule has 1 unspecified atom stereocenters. The van der Waals surface area contributed by atoms with Crippen LogP contribution in [-0.2, 0) is 4.74 Å². The highest BCUT2D eigenvalue weighted by Gasteiger charge is 2.20. The Kier molecular flexibility index (Phi) is 7.08. The van der Waals surface area contributed by atoms with E-state index in [2.05, 4.69) is 13.8 Å². The average Bonchev–Trinajstić information content (AvgIpc) is 2.98. The molecule has 0 amide bonds. The fraction of sp³-hybridized carbons (Fsp3) is 1.00. The van der Waals surface area contributed by atoms with Crippen LogP contribution in [0.3, 0.4) is 0 Å². The van der Waals surface area contributed by atoms with Crippen LogP contribution in [0.2, 0.25) is 0 Å². The van der Waals surface area contributed by atoms with Crippen LogP contribution in [0.25, 0.3) is 0 Å². The van der Waals surface area contributed by atoms with E-state index in [-0.39, 0.29) is 0 Å². The van der Waals surface area contributed by atoms with Gasteiger partial charge < -0.3 is 4.74 Å². The molecule has 1 heterocycles. The van der Waals surface area contributed by atoms with E-state index < -0.39 is 0 Å². The van der Waals surface area contributed by atoms with Crippen LogP contribution in [0.15, 0.2) is 0 Å². The Balaban J connectivity index is 1.65. The summed E-state index contributed by atoms with van der Waals surface area (Å²) in [6, 6.07) is 0. The summed E-state index contributed by atoms with van der Waals surface area (Å²) < 4.78 is 5.19. The van der Waals surface area contributed by atoms with Gasteiger partial charge in [0.05, 0.1) is 12.7 Å². The van der Waals surface area contributed by atoms with Gasteiger partial charge in [-0.15, -0.1) is 0 Å². The van der Waals surface area contributed by atoms with Crippen LogP contribution in [0.5, 0.6) is 0 Å². The quantitative estimate of drug-likeness (QED) is 0.382. The molecular formula is C14H28O. The number of hydrogen-bond acceptors (Lipinski definition) is 1. The van der Waals surface area contributed by atoms with Crippen molar-refractivity contribution in [3.63, 3.8) is 0 Å². The number of unbranched alkanes of at least 4 members (excludes halogenated alkanes) is 6.